The maximum Gasteiger partial charge on any atom is 0.126 e. The molecule has 1 aromatic heterocycles. The van der Waals surface area contributed by atoms with E-state index in [1.165, 1.54) is 38.6 Å². The minimum absolute atomic E-state index is 0.244. The van der Waals surface area contributed by atoms with E-state index in [2.05, 4.69) is 122 Å². The Morgan fingerprint density at radius 3 is 2.24 bits per heavy atom. The quantitative estimate of drug-likeness (QED) is 0.0598. The molecule has 0 amide bonds. The van der Waals surface area contributed by atoms with Crippen LogP contribution in [0.25, 0.3) is 21.9 Å². The molecule has 3 aromatic carbocycles. The second-order valence-electron chi connectivity index (χ2n) is 10.2. The first-order chi connectivity index (χ1) is 20.3. The number of allylic oxidation sites excluding steroid dienone is 3. The summed E-state index contributed by atoms with van der Waals surface area (Å²) in [7, 11) is 1.83. The zero-order valence-electron chi connectivity index (χ0n) is 25.8. The number of hydrogen-bond acceptors (Lipinski definition) is 5. The van der Waals surface area contributed by atoms with Gasteiger partial charge in [0.25, 0.3) is 0 Å². The van der Waals surface area contributed by atoms with Crippen LogP contribution in [0.15, 0.2) is 116 Å². The number of hydrogen-bond donors (Lipinski definition) is 4. The fourth-order valence-electron chi connectivity index (χ4n) is 4.23. The molecular formula is C37H48N4O. The van der Waals surface area contributed by atoms with E-state index >= 15 is 0 Å². The van der Waals surface area contributed by atoms with Crippen LogP contribution in [-0.4, -0.2) is 23.7 Å². The van der Waals surface area contributed by atoms with E-state index < -0.39 is 0 Å². The van der Waals surface area contributed by atoms with Crippen molar-refractivity contribution in [2.45, 2.75) is 52.9 Å². The van der Waals surface area contributed by atoms with E-state index in [0.29, 0.717) is 6.42 Å². The first-order valence-electron chi connectivity index (χ1n) is 14.6. The first-order valence-corrected chi connectivity index (χ1v) is 14.6. The molecule has 4 rings (SSSR count). The highest BCUT2D eigenvalue weighted by Crippen LogP contribution is 2.30. The van der Waals surface area contributed by atoms with Crippen molar-refractivity contribution in [1.29, 1.82) is 0 Å². The van der Waals surface area contributed by atoms with Gasteiger partial charge in [0.05, 0.1) is 5.76 Å². The van der Waals surface area contributed by atoms with Crippen LogP contribution in [0.4, 0.5) is 5.82 Å². The van der Waals surface area contributed by atoms with Crippen molar-refractivity contribution in [3.05, 3.63) is 133 Å². The number of benzene rings is 3. The molecule has 0 aliphatic carbocycles. The van der Waals surface area contributed by atoms with Gasteiger partial charge in [-0.3, -0.25) is 0 Å². The maximum atomic E-state index is 9.20. The second kappa shape index (κ2) is 18.9. The summed E-state index contributed by atoms with van der Waals surface area (Å²) in [6, 6.07) is 25.5. The number of hydrazine groups is 1. The number of pyridine rings is 1. The predicted octanol–water partition coefficient (Wildman–Crippen LogP) is 9.22. The van der Waals surface area contributed by atoms with E-state index in [0.717, 1.165) is 43.7 Å². The minimum atomic E-state index is 0.244. The summed E-state index contributed by atoms with van der Waals surface area (Å²) in [5, 5.41) is 15.1. The molecule has 0 aliphatic rings. The van der Waals surface area contributed by atoms with Crippen LogP contribution >= 0.6 is 0 Å². The Kier molecular flexibility index (Phi) is 15.2. The highest BCUT2D eigenvalue weighted by Gasteiger charge is 2.06. The van der Waals surface area contributed by atoms with Gasteiger partial charge in [0.2, 0.25) is 0 Å². The lowest BCUT2D eigenvalue weighted by Gasteiger charge is -2.10. The van der Waals surface area contributed by atoms with Gasteiger partial charge >= 0.3 is 0 Å². The average Bonchev–Trinajstić information content (AvgIpc) is 3.00. The van der Waals surface area contributed by atoms with Crippen molar-refractivity contribution in [3.63, 3.8) is 0 Å². The zero-order chi connectivity index (χ0) is 30.7. The van der Waals surface area contributed by atoms with E-state index in [-0.39, 0.29) is 5.76 Å². The molecule has 0 bridgehead atoms. The number of rotatable bonds is 12. The van der Waals surface area contributed by atoms with Gasteiger partial charge in [-0.2, -0.15) is 0 Å². The lowest BCUT2D eigenvalue weighted by Crippen LogP contribution is -2.26. The number of fused-ring (bicyclic) bond motifs is 1. The molecule has 0 saturated heterocycles. The van der Waals surface area contributed by atoms with E-state index in [9.17, 15) is 5.11 Å². The summed E-state index contributed by atoms with van der Waals surface area (Å²) in [4.78, 5) is 4.23. The molecule has 4 N–H and O–H groups in total. The minimum Gasteiger partial charge on any atom is -0.513 e. The SMILES string of the molecule is C=C(CCCNc1cc(C)ccn1)NNC.C=C(O)CCc1ccc(-c2ccc(C)c3ccccc23)cc1.C=CCC. The predicted molar refractivity (Wildman–Crippen MR) is 183 cm³/mol. The molecule has 222 valence electrons. The summed E-state index contributed by atoms with van der Waals surface area (Å²) in [5.74, 6) is 1.18. The lowest BCUT2D eigenvalue weighted by atomic mass is 9.94. The third-order valence-corrected chi connectivity index (χ3v) is 6.58. The number of nitrogens with one attached hydrogen (secondary N) is 3. The number of anilines is 1. The lowest BCUT2D eigenvalue weighted by molar-refractivity contribution is 0.391. The van der Waals surface area contributed by atoms with Crippen molar-refractivity contribution in [1.82, 2.24) is 15.8 Å². The van der Waals surface area contributed by atoms with Crippen molar-refractivity contribution in [2.75, 3.05) is 18.9 Å². The summed E-state index contributed by atoms with van der Waals surface area (Å²) < 4.78 is 0. The van der Waals surface area contributed by atoms with Crippen molar-refractivity contribution >= 4 is 16.6 Å². The molecule has 5 heteroatoms. The van der Waals surface area contributed by atoms with Crippen LogP contribution in [0, 0.1) is 13.8 Å². The molecule has 4 aromatic rings. The number of aliphatic hydroxyl groups excluding tert-OH is 1. The van der Waals surface area contributed by atoms with Gasteiger partial charge in [-0.1, -0.05) is 86.8 Å². The van der Waals surface area contributed by atoms with Crippen LogP contribution in [0.1, 0.15) is 49.3 Å². The fraction of sp³-hybridized carbons (Fsp3) is 0.270. The molecular weight excluding hydrogens is 516 g/mol. The van der Waals surface area contributed by atoms with Gasteiger partial charge in [0.1, 0.15) is 5.82 Å². The smallest absolute Gasteiger partial charge is 0.126 e. The molecule has 5 nitrogen and oxygen atoms in total. The number of nitrogens with zero attached hydrogens (tertiary/aromatic N) is 1. The van der Waals surface area contributed by atoms with E-state index in [1.807, 2.05) is 31.5 Å². The molecule has 0 radical (unpaired) electrons. The molecule has 0 unspecified atom stereocenters. The molecule has 0 saturated carbocycles. The summed E-state index contributed by atoms with van der Waals surface area (Å²) in [6.45, 7) is 18.1. The van der Waals surface area contributed by atoms with Crippen molar-refractivity contribution in [3.8, 4) is 11.1 Å². The van der Waals surface area contributed by atoms with E-state index in [4.69, 9.17) is 0 Å². The third-order valence-electron chi connectivity index (χ3n) is 6.58. The number of aromatic nitrogens is 1. The van der Waals surface area contributed by atoms with Crippen LogP contribution < -0.4 is 16.2 Å². The van der Waals surface area contributed by atoms with Gasteiger partial charge in [-0.05, 0) is 90.3 Å². The highest BCUT2D eigenvalue weighted by atomic mass is 16.3. The number of aryl methyl sites for hydroxylation is 3. The topological polar surface area (TPSA) is 69.2 Å². The molecule has 0 aliphatic heterocycles. The van der Waals surface area contributed by atoms with Crippen LogP contribution in [0.2, 0.25) is 0 Å². The highest BCUT2D eigenvalue weighted by molar-refractivity contribution is 5.98. The van der Waals surface area contributed by atoms with Gasteiger partial charge in [0.15, 0.2) is 0 Å². The monoisotopic (exact) mass is 564 g/mol. The van der Waals surface area contributed by atoms with Crippen molar-refractivity contribution < 1.29 is 5.11 Å². The second-order valence-corrected chi connectivity index (χ2v) is 10.2. The average molecular weight is 565 g/mol. The molecule has 1 heterocycles. The molecule has 0 atom stereocenters. The Hall–Kier alpha value is -4.35. The standard InChI is InChI=1S/C21H20O.C12H20N4.C4H8/c1-15-7-14-20(21-6-4-3-5-19(15)21)18-12-10-17(11-13-18)9-8-16(2)22;1-10-6-8-15-12(9-10)14-7-4-5-11(2)16-13-3;1-3-4-2/h3-7,10-14,22H,2,8-9H2,1H3;6,8-9,13,16H,2,4-5,7H2,1,3H3,(H,14,15);3H,1,4H2,2H3. The largest absolute Gasteiger partial charge is 0.513 e. The van der Waals surface area contributed by atoms with Gasteiger partial charge in [-0.25, -0.2) is 10.4 Å². The maximum absolute atomic E-state index is 9.20. The first kappa shape index (κ1) is 33.9. The normalized spacial score (nSPS) is 10.0. The van der Waals surface area contributed by atoms with Crippen LogP contribution in [-0.2, 0) is 6.42 Å². The van der Waals surface area contributed by atoms with Crippen LogP contribution in [0.3, 0.4) is 0 Å². The molecule has 0 fully saturated rings. The Bertz CT molecular complexity index is 1410. The molecule has 0 spiro atoms. The summed E-state index contributed by atoms with van der Waals surface area (Å²) in [6.07, 6.45) is 8.19. The number of aliphatic hydroxyl groups is 1. The van der Waals surface area contributed by atoms with E-state index in [1.54, 1.807) is 0 Å². The Morgan fingerprint density at radius 1 is 0.929 bits per heavy atom. The fourth-order valence-corrected chi connectivity index (χ4v) is 4.23. The summed E-state index contributed by atoms with van der Waals surface area (Å²) in [5.41, 5.74) is 13.0. The van der Waals surface area contributed by atoms with Crippen molar-refractivity contribution in [2.24, 2.45) is 0 Å². The third kappa shape index (κ3) is 12.0. The Labute approximate surface area is 253 Å². The van der Waals surface area contributed by atoms with Crippen LogP contribution in [0.5, 0.6) is 0 Å². The van der Waals surface area contributed by atoms with Gasteiger partial charge in [-0.15, -0.1) is 6.58 Å². The molecule has 42 heavy (non-hydrogen) atoms. The Morgan fingerprint density at radius 2 is 1.62 bits per heavy atom. The Balaban J connectivity index is 0.000000272. The van der Waals surface area contributed by atoms with Gasteiger partial charge in [0, 0.05) is 31.9 Å². The summed E-state index contributed by atoms with van der Waals surface area (Å²) >= 11 is 0. The zero-order valence-corrected chi connectivity index (χ0v) is 25.8. The van der Waals surface area contributed by atoms with Gasteiger partial charge < -0.3 is 15.8 Å².